The van der Waals surface area contributed by atoms with E-state index in [1.54, 1.807) is 62.7 Å². The molecule has 0 saturated carbocycles. The van der Waals surface area contributed by atoms with Crippen molar-refractivity contribution in [2.24, 2.45) is 0 Å². The fourth-order valence-corrected chi connectivity index (χ4v) is 1.92. The minimum absolute atomic E-state index is 0.0528. The summed E-state index contributed by atoms with van der Waals surface area (Å²) in [5, 5.41) is 5.46. The van der Waals surface area contributed by atoms with Gasteiger partial charge in [-0.2, -0.15) is 0 Å². The number of anilines is 3. The van der Waals surface area contributed by atoms with Crippen LogP contribution in [-0.2, 0) is 4.79 Å². The van der Waals surface area contributed by atoms with Gasteiger partial charge in [0.1, 0.15) is 5.75 Å². The van der Waals surface area contributed by atoms with E-state index < -0.39 is 0 Å². The summed E-state index contributed by atoms with van der Waals surface area (Å²) in [7, 11) is 3.28. The van der Waals surface area contributed by atoms with Gasteiger partial charge in [-0.15, -0.1) is 0 Å². The molecule has 0 radical (unpaired) electrons. The van der Waals surface area contributed by atoms with E-state index in [4.69, 9.17) is 4.74 Å². The number of methoxy groups -OCH3 is 1. The second kappa shape index (κ2) is 7.31. The van der Waals surface area contributed by atoms with E-state index >= 15 is 0 Å². The molecule has 0 heterocycles. The van der Waals surface area contributed by atoms with Crippen molar-refractivity contribution >= 4 is 29.0 Å². The van der Waals surface area contributed by atoms with Gasteiger partial charge in [0.15, 0.2) is 0 Å². The van der Waals surface area contributed by atoms with Crippen LogP contribution in [0.1, 0.15) is 6.92 Å². The first-order chi connectivity index (χ1) is 11.0. The highest BCUT2D eigenvalue weighted by Gasteiger charge is 2.06. The van der Waals surface area contributed by atoms with E-state index in [0.29, 0.717) is 11.4 Å². The molecule has 0 saturated heterocycles. The maximum atomic E-state index is 11.9. The zero-order valence-electron chi connectivity index (χ0n) is 13.3. The number of hydrogen-bond donors (Lipinski definition) is 2. The summed E-state index contributed by atoms with van der Waals surface area (Å²) in [4.78, 5) is 24.8. The minimum atomic E-state index is -0.345. The third-order valence-corrected chi connectivity index (χ3v) is 3.33. The Hall–Kier alpha value is -3.02. The first kappa shape index (κ1) is 16.4. The van der Waals surface area contributed by atoms with Gasteiger partial charge in [-0.25, -0.2) is 4.79 Å². The molecule has 0 atom stereocenters. The molecule has 0 fully saturated rings. The standard InChI is InChI=1S/C17H19N3O3/c1-12(21)20(2)15-8-4-13(5-9-15)18-17(22)19-14-6-10-16(23-3)11-7-14/h4-11H,1-3H3,(H2,18,19,22). The summed E-state index contributed by atoms with van der Waals surface area (Å²) in [5.74, 6) is 0.670. The minimum Gasteiger partial charge on any atom is -0.497 e. The summed E-state index contributed by atoms with van der Waals surface area (Å²) in [6, 6.07) is 13.7. The van der Waals surface area contributed by atoms with Crippen LogP contribution in [0.3, 0.4) is 0 Å². The Balaban J connectivity index is 1.95. The first-order valence-corrected chi connectivity index (χ1v) is 7.06. The number of amides is 3. The molecule has 0 aliphatic heterocycles. The van der Waals surface area contributed by atoms with Gasteiger partial charge < -0.3 is 20.3 Å². The lowest BCUT2D eigenvalue weighted by Crippen LogP contribution is -2.23. The number of carbonyl (C=O) groups excluding carboxylic acids is 2. The molecule has 0 bridgehead atoms. The Morgan fingerprint density at radius 1 is 0.913 bits per heavy atom. The number of carbonyl (C=O) groups is 2. The maximum absolute atomic E-state index is 11.9. The third kappa shape index (κ3) is 4.47. The van der Waals surface area contributed by atoms with Crippen molar-refractivity contribution < 1.29 is 14.3 Å². The first-order valence-electron chi connectivity index (χ1n) is 7.06. The van der Waals surface area contributed by atoms with Gasteiger partial charge >= 0.3 is 6.03 Å². The van der Waals surface area contributed by atoms with Gasteiger partial charge in [0.05, 0.1) is 7.11 Å². The lowest BCUT2D eigenvalue weighted by Gasteiger charge is -2.15. The lowest BCUT2D eigenvalue weighted by molar-refractivity contribution is -0.116. The average Bonchev–Trinajstić information content (AvgIpc) is 2.55. The van der Waals surface area contributed by atoms with Crippen LogP contribution in [0.15, 0.2) is 48.5 Å². The van der Waals surface area contributed by atoms with E-state index in [9.17, 15) is 9.59 Å². The molecule has 0 aliphatic rings. The van der Waals surface area contributed by atoms with Crippen molar-refractivity contribution in [3.8, 4) is 5.75 Å². The van der Waals surface area contributed by atoms with Crippen molar-refractivity contribution in [2.75, 3.05) is 29.7 Å². The Morgan fingerprint density at radius 3 is 1.83 bits per heavy atom. The number of benzene rings is 2. The predicted molar refractivity (Wildman–Crippen MR) is 91.2 cm³/mol. The summed E-state index contributed by atoms with van der Waals surface area (Å²) < 4.78 is 5.06. The number of urea groups is 1. The van der Waals surface area contributed by atoms with Gasteiger partial charge in [0, 0.05) is 31.0 Å². The molecule has 2 rings (SSSR count). The topological polar surface area (TPSA) is 70.7 Å². The molecule has 23 heavy (non-hydrogen) atoms. The van der Waals surface area contributed by atoms with Crippen LogP contribution in [0.2, 0.25) is 0 Å². The van der Waals surface area contributed by atoms with Crippen molar-refractivity contribution in [1.29, 1.82) is 0 Å². The number of rotatable bonds is 4. The Labute approximate surface area is 135 Å². The monoisotopic (exact) mass is 313 g/mol. The van der Waals surface area contributed by atoms with Crippen LogP contribution < -0.4 is 20.3 Å². The smallest absolute Gasteiger partial charge is 0.323 e. The molecule has 0 aromatic heterocycles. The van der Waals surface area contributed by atoms with Crippen molar-refractivity contribution in [3.05, 3.63) is 48.5 Å². The fourth-order valence-electron chi connectivity index (χ4n) is 1.92. The molecule has 2 aromatic carbocycles. The molecule has 3 amide bonds. The zero-order chi connectivity index (χ0) is 16.8. The van der Waals surface area contributed by atoms with E-state index in [1.165, 1.54) is 11.8 Å². The largest absolute Gasteiger partial charge is 0.497 e. The van der Waals surface area contributed by atoms with Crippen molar-refractivity contribution in [2.45, 2.75) is 6.92 Å². The van der Waals surface area contributed by atoms with Crippen molar-refractivity contribution in [1.82, 2.24) is 0 Å². The van der Waals surface area contributed by atoms with Gasteiger partial charge in [-0.05, 0) is 48.5 Å². The predicted octanol–water partition coefficient (Wildman–Crippen LogP) is 3.32. The molecule has 0 aliphatic carbocycles. The van der Waals surface area contributed by atoms with Crippen LogP contribution in [0.4, 0.5) is 21.9 Å². The van der Waals surface area contributed by atoms with Crippen LogP contribution in [-0.4, -0.2) is 26.1 Å². The molecule has 2 N–H and O–H groups in total. The SMILES string of the molecule is COc1ccc(NC(=O)Nc2ccc(N(C)C(C)=O)cc2)cc1. The summed E-state index contributed by atoms with van der Waals surface area (Å²) in [6.45, 7) is 1.49. The normalized spacial score (nSPS) is 9.87. The Bertz CT molecular complexity index is 681. The van der Waals surface area contributed by atoms with E-state index in [2.05, 4.69) is 10.6 Å². The highest BCUT2D eigenvalue weighted by molar-refractivity contribution is 6.00. The second-order valence-electron chi connectivity index (χ2n) is 4.93. The van der Waals surface area contributed by atoms with Gasteiger partial charge in [0.2, 0.25) is 5.91 Å². The van der Waals surface area contributed by atoms with Crippen molar-refractivity contribution in [3.63, 3.8) is 0 Å². The molecular weight excluding hydrogens is 294 g/mol. The van der Waals surface area contributed by atoms with Crippen LogP contribution in [0.25, 0.3) is 0 Å². The summed E-state index contributed by atoms with van der Waals surface area (Å²) in [6.07, 6.45) is 0. The fraction of sp³-hybridized carbons (Fsp3) is 0.176. The van der Waals surface area contributed by atoms with Gasteiger partial charge in [0.25, 0.3) is 0 Å². The van der Waals surface area contributed by atoms with Crippen LogP contribution in [0.5, 0.6) is 5.75 Å². The number of hydrogen-bond acceptors (Lipinski definition) is 3. The van der Waals surface area contributed by atoms with E-state index in [0.717, 1.165) is 11.4 Å². The summed E-state index contributed by atoms with van der Waals surface area (Å²) >= 11 is 0. The second-order valence-corrected chi connectivity index (χ2v) is 4.93. The molecule has 2 aromatic rings. The highest BCUT2D eigenvalue weighted by Crippen LogP contribution is 2.18. The average molecular weight is 313 g/mol. The third-order valence-electron chi connectivity index (χ3n) is 3.33. The number of nitrogens with zero attached hydrogens (tertiary/aromatic N) is 1. The highest BCUT2D eigenvalue weighted by atomic mass is 16.5. The van der Waals surface area contributed by atoms with Crippen LogP contribution >= 0.6 is 0 Å². The summed E-state index contributed by atoms with van der Waals surface area (Å²) in [5.41, 5.74) is 2.06. The molecule has 0 unspecified atom stereocenters. The Kier molecular flexibility index (Phi) is 5.19. The molecule has 6 heteroatoms. The zero-order valence-corrected chi connectivity index (χ0v) is 13.3. The molecule has 120 valence electrons. The molecule has 0 spiro atoms. The van der Waals surface area contributed by atoms with E-state index in [1.807, 2.05) is 0 Å². The van der Waals surface area contributed by atoms with Gasteiger partial charge in [-0.3, -0.25) is 4.79 Å². The van der Waals surface area contributed by atoms with Crippen LogP contribution in [0, 0.1) is 0 Å². The Morgan fingerprint density at radius 2 is 1.39 bits per heavy atom. The lowest BCUT2D eigenvalue weighted by atomic mass is 10.2. The molecular formula is C17H19N3O3. The number of nitrogens with one attached hydrogen (secondary N) is 2. The van der Waals surface area contributed by atoms with Gasteiger partial charge in [-0.1, -0.05) is 0 Å². The van der Waals surface area contributed by atoms with E-state index in [-0.39, 0.29) is 11.9 Å². The number of ether oxygens (including phenoxy) is 1. The molecule has 6 nitrogen and oxygen atoms in total. The maximum Gasteiger partial charge on any atom is 0.323 e. The quantitative estimate of drug-likeness (QED) is 0.909.